The van der Waals surface area contributed by atoms with Crippen LogP contribution in [0, 0.1) is 5.92 Å². The van der Waals surface area contributed by atoms with Crippen LogP contribution in [0.25, 0.3) is 0 Å². The number of nitrogens with one attached hydrogen (secondary N) is 1. The molecule has 0 atom stereocenters. The van der Waals surface area contributed by atoms with Crippen molar-refractivity contribution in [2.24, 2.45) is 5.92 Å². The Morgan fingerprint density at radius 2 is 2.16 bits per heavy atom. The minimum absolute atomic E-state index is 0.685. The topological polar surface area (TPSA) is 21.3 Å². The molecule has 0 bridgehead atoms. The first-order valence-corrected chi connectivity index (χ1v) is 8.52. The molecule has 0 aliphatic rings. The highest BCUT2D eigenvalue weighted by molar-refractivity contribution is 9.10. The Bertz CT molecular complexity index is 371. The molecule has 0 heterocycles. The van der Waals surface area contributed by atoms with E-state index in [0.29, 0.717) is 5.92 Å². The van der Waals surface area contributed by atoms with E-state index < -0.39 is 0 Å². The van der Waals surface area contributed by atoms with Crippen LogP contribution in [-0.4, -0.2) is 26.0 Å². The summed E-state index contributed by atoms with van der Waals surface area (Å²) < 4.78 is 6.24. The zero-order valence-electron chi connectivity index (χ0n) is 12.0. The Morgan fingerprint density at radius 3 is 2.84 bits per heavy atom. The number of methoxy groups -OCH3 is 1. The fraction of sp³-hybridized carbons (Fsp3) is 0.600. The fourth-order valence-electron chi connectivity index (χ4n) is 1.71. The second-order valence-electron chi connectivity index (χ2n) is 4.97. The first-order valence-electron chi connectivity index (χ1n) is 6.74. The summed E-state index contributed by atoms with van der Waals surface area (Å²) in [4.78, 5) is 1.37. The first-order chi connectivity index (χ1) is 9.13. The van der Waals surface area contributed by atoms with Crippen LogP contribution in [-0.2, 0) is 11.3 Å². The molecule has 1 rings (SSSR count). The Kier molecular flexibility index (Phi) is 8.79. The van der Waals surface area contributed by atoms with E-state index in [1.807, 2.05) is 11.8 Å². The highest BCUT2D eigenvalue weighted by atomic mass is 79.9. The minimum atomic E-state index is 0.685. The Hall–Kier alpha value is -0.0300. The molecule has 108 valence electrons. The van der Waals surface area contributed by atoms with Gasteiger partial charge in [-0.3, -0.25) is 0 Å². The third-order valence-corrected chi connectivity index (χ3v) is 4.34. The van der Waals surface area contributed by atoms with Crippen molar-refractivity contribution in [1.29, 1.82) is 0 Å². The van der Waals surface area contributed by atoms with E-state index in [1.54, 1.807) is 7.11 Å². The molecule has 0 aromatic heterocycles. The third kappa shape index (κ3) is 7.35. The van der Waals surface area contributed by atoms with Crippen molar-refractivity contribution in [3.63, 3.8) is 0 Å². The Labute approximate surface area is 129 Å². The number of thioether (sulfide) groups is 1. The average molecular weight is 346 g/mol. The van der Waals surface area contributed by atoms with Gasteiger partial charge < -0.3 is 10.1 Å². The van der Waals surface area contributed by atoms with Gasteiger partial charge in [0, 0.05) is 35.4 Å². The van der Waals surface area contributed by atoms with Gasteiger partial charge >= 0.3 is 0 Å². The van der Waals surface area contributed by atoms with Gasteiger partial charge in [0.2, 0.25) is 0 Å². The van der Waals surface area contributed by atoms with Gasteiger partial charge in [0.25, 0.3) is 0 Å². The third-order valence-electron chi connectivity index (χ3n) is 2.64. The van der Waals surface area contributed by atoms with Crippen LogP contribution in [0.15, 0.2) is 27.6 Å². The summed E-state index contributed by atoms with van der Waals surface area (Å²) in [7, 11) is 1.76. The van der Waals surface area contributed by atoms with Crippen molar-refractivity contribution in [2.45, 2.75) is 31.7 Å². The van der Waals surface area contributed by atoms with Gasteiger partial charge in [-0.05, 0) is 42.6 Å². The molecule has 0 saturated carbocycles. The highest BCUT2D eigenvalue weighted by Gasteiger charge is 2.04. The molecule has 0 saturated heterocycles. The van der Waals surface area contributed by atoms with E-state index >= 15 is 0 Å². The monoisotopic (exact) mass is 345 g/mol. The molecule has 1 aromatic rings. The molecular weight excluding hydrogens is 322 g/mol. The summed E-state index contributed by atoms with van der Waals surface area (Å²) >= 11 is 5.47. The lowest BCUT2D eigenvalue weighted by Gasteiger charge is -2.12. The number of hydrogen-bond donors (Lipinski definition) is 1. The smallest absolute Gasteiger partial charge is 0.0470 e. The lowest BCUT2D eigenvalue weighted by atomic mass is 10.2. The maximum absolute atomic E-state index is 5.09. The quantitative estimate of drug-likeness (QED) is 0.531. The highest BCUT2D eigenvalue weighted by Crippen LogP contribution is 2.26. The fourth-order valence-corrected chi connectivity index (χ4v) is 3.08. The second kappa shape index (κ2) is 9.81. The lowest BCUT2D eigenvalue weighted by molar-refractivity contribution is 0.200. The van der Waals surface area contributed by atoms with Crippen molar-refractivity contribution in [3.8, 4) is 0 Å². The van der Waals surface area contributed by atoms with E-state index in [4.69, 9.17) is 4.74 Å². The summed E-state index contributed by atoms with van der Waals surface area (Å²) in [5.41, 5.74) is 1.37. The van der Waals surface area contributed by atoms with Crippen LogP contribution < -0.4 is 5.32 Å². The van der Waals surface area contributed by atoms with Gasteiger partial charge in [-0.1, -0.05) is 29.8 Å². The number of ether oxygens (including phenoxy) is 1. The summed E-state index contributed by atoms with van der Waals surface area (Å²) in [6.45, 7) is 7.29. The molecule has 4 heteroatoms. The van der Waals surface area contributed by atoms with Crippen LogP contribution in [0.2, 0.25) is 0 Å². The molecule has 19 heavy (non-hydrogen) atoms. The maximum Gasteiger partial charge on any atom is 0.0470 e. The van der Waals surface area contributed by atoms with Gasteiger partial charge in [-0.15, -0.1) is 11.8 Å². The Balaban J connectivity index is 2.53. The van der Waals surface area contributed by atoms with Crippen LogP contribution in [0.4, 0.5) is 0 Å². The normalized spacial score (nSPS) is 11.2. The Morgan fingerprint density at radius 1 is 1.37 bits per heavy atom. The number of halogens is 1. The molecule has 1 N–H and O–H groups in total. The summed E-state index contributed by atoms with van der Waals surface area (Å²) in [5.74, 6) is 1.79. The largest absolute Gasteiger partial charge is 0.385 e. The zero-order chi connectivity index (χ0) is 14.1. The SMILES string of the molecule is COCCCSc1ccc(Br)cc1CNCC(C)C. The van der Waals surface area contributed by atoms with Crippen LogP contribution >= 0.6 is 27.7 Å². The van der Waals surface area contributed by atoms with Crippen LogP contribution in [0.1, 0.15) is 25.8 Å². The standard InChI is InChI=1S/C15H24BrNOS/c1-12(2)10-17-11-13-9-14(16)5-6-15(13)19-8-4-7-18-3/h5-6,9,12,17H,4,7-8,10-11H2,1-3H3. The molecule has 0 unspecified atom stereocenters. The van der Waals surface area contributed by atoms with E-state index in [1.165, 1.54) is 10.5 Å². The predicted molar refractivity (Wildman–Crippen MR) is 87.9 cm³/mol. The minimum Gasteiger partial charge on any atom is -0.385 e. The number of hydrogen-bond acceptors (Lipinski definition) is 3. The zero-order valence-corrected chi connectivity index (χ0v) is 14.4. The molecule has 0 aliphatic carbocycles. The first kappa shape index (κ1) is 17.0. The summed E-state index contributed by atoms with van der Waals surface area (Å²) in [5, 5.41) is 3.51. The van der Waals surface area contributed by atoms with Crippen molar-refractivity contribution in [3.05, 3.63) is 28.2 Å². The summed E-state index contributed by atoms with van der Waals surface area (Å²) in [6, 6.07) is 6.53. The molecule has 2 nitrogen and oxygen atoms in total. The van der Waals surface area contributed by atoms with Crippen LogP contribution in [0.3, 0.4) is 0 Å². The van der Waals surface area contributed by atoms with E-state index in [0.717, 1.165) is 36.3 Å². The molecule has 0 amide bonds. The van der Waals surface area contributed by atoms with Crippen molar-refractivity contribution in [2.75, 3.05) is 26.0 Å². The van der Waals surface area contributed by atoms with Crippen molar-refractivity contribution >= 4 is 27.7 Å². The number of rotatable bonds is 9. The molecule has 0 spiro atoms. The van der Waals surface area contributed by atoms with Gasteiger partial charge in [-0.25, -0.2) is 0 Å². The van der Waals surface area contributed by atoms with E-state index in [-0.39, 0.29) is 0 Å². The van der Waals surface area contributed by atoms with Gasteiger partial charge in [0.1, 0.15) is 0 Å². The second-order valence-corrected chi connectivity index (χ2v) is 7.02. The van der Waals surface area contributed by atoms with E-state index in [2.05, 4.69) is 53.3 Å². The van der Waals surface area contributed by atoms with Gasteiger partial charge in [-0.2, -0.15) is 0 Å². The molecule has 0 fully saturated rings. The predicted octanol–water partition coefficient (Wildman–Crippen LogP) is 4.32. The lowest BCUT2D eigenvalue weighted by Crippen LogP contribution is -2.19. The van der Waals surface area contributed by atoms with Gasteiger partial charge in [0.15, 0.2) is 0 Å². The molecule has 1 aromatic carbocycles. The molecular formula is C15H24BrNOS. The summed E-state index contributed by atoms with van der Waals surface area (Å²) in [6.07, 6.45) is 1.09. The molecule has 0 radical (unpaired) electrons. The molecule has 0 aliphatic heterocycles. The number of benzene rings is 1. The van der Waals surface area contributed by atoms with Crippen molar-refractivity contribution < 1.29 is 4.74 Å². The average Bonchev–Trinajstić information content (AvgIpc) is 2.36. The van der Waals surface area contributed by atoms with Crippen molar-refractivity contribution in [1.82, 2.24) is 5.32 Å². The maximum atomic E-state index is 5.09. The van der Waals surface area contributed by atoms with Crippen LogP contribution in [0.5, 0.6) is 0 Å². The van der Waals surface area contributed by atoms with Gasteiger partial charge in [0.05, 0.1) is 0 Å². The van der Waals surface area contributed by atoms with E-state index in [9.17, 15) is 0 Å².